The summed E-state index contributed by atoms with van der Waals surface area (Å²) in [6.07, 6.45) is 5.47. The Labute approximate surface area is 117 Å². The number of nitrogens with zero attached hydrogens (tertiary/aromatic N) is 1. The van der Waals surface area contributed by atoms with Gasteiger partial charge in [0.2, 0.25) is 0 Å². The van der Waals surface area contributed by atoms with Crippen molar-refractivity contribution in [2.24, 2.45) is 0 Å². The summed E-state index contributed by atoms with van der Waals surface area (Å²) in [6.45, 7) is 4.04. The fourth-order valence-electron chi connectivity index (χ4n) is 1.64. The van der Waals surface area contributed by atoms with Crippen LogP contribution in [0.1, 0.15) is 54.2 Å². The Kier molecular flexibility index (Phi) is 6.49. The highest BCUT2D eigenvalue weighted by molar-refractivity contribution is 7.13. The molecule has 0 spiro atoms. The van der Waals surface area contributed by atoms with Crippen molar-refractivity contribution in [1.29, 1.82) is 0 Å². The van der Waals surface area contributed by atoms with Crippen LogP contribution >= 0.6 is 11.3 Å². The minimum Gasteiger partial charge on any atom is -0.480 e. The number of hydrogen-bond donors (Lipinski definition) is 2. The van der Waals surface area contributed by atoms with E-state index in [1.165, 1.54) is 17.5 Å². The molecule has 0 saturated carbocycles. The lowest BCUT2D eigenvalue weighted by Crippen LogP contribution is -2.40. The third kappa shape index (κ3) is 4.98. The second-order valence-electron chi connectivity index (χ2n) is 4.37. The van der Waals surface area contributed by atoms with Gasteiger partial charge < -0.3 is 10.4 Å². The molecular weight excluding hydrogens is 264 g/mol. The lowest BCUT2D eigenvalue weighted by molar-refractivity contribution is -0.139. The minimum absolute atomic E-state index is 0.344. The number of carboxylic acid groups (broad SMARTS) is 1. The Balaban J connectivity index is 2.62. The molecule has 1 aromatic heterocycles. The molecule has 1 aromatic rings. The van der Waals surface area contributed by atoms with Gasteiger partial charge in [-0.1, -0.05) is 26.7 Å². The van der Waals surface area contributed by atoms with Crippen LogP contribution in [0.4, 0.5) is 0 Å². The fourth-order valence-corrected chi connectivity index (χ4v) is 2.56. The summed E-state index contributed by atoms with van der Waals surface area (Å²) in [5.41, 5.74) is 0. The van der Waals surface area contributed by atoms with E-state index in [0.717, 1.165) is 30.7 Å². The second-order valence-corrected chi connectivity index (χ2v) is 5.49. The zero-order valence-electron chi connectivity index (χ0n) is 11.3. The van der Waals surface area contributed by atoms with E-state index < -0.39 is 12.0 Å². The molecule has 0 radical (unpaired) electrons. The monoisotopic (exact) mass is 284 g/mol. The van der Waals surface area contributed by atoms with E-state index in [1.54, 1.807) is 0 Å². The highest BCUT2D eigenvalue weighted by Gasteiger charge is 2.21. The van der Waals surface area contributed by atoms with Crippen molar-refractivity contribution in [2.75, 3.05) is 0 Å². The number of aryl methyl sites for hydroxylation is 1. The van der Waals surface area contributed by atoms with Crippen LogP contribution in [-0.2, 0) is 11.2 Å². The summed E-state index contributed by atoms with van der Waals surface area (Å²) < 4.78 is 0. The van der Waals surface area contributed by atoms with E-state index in [2.05, 4.69) is 10.3 Å². The number of aromatic nitrogens is 1. The average molecular weight is 284 g/mol. The van der Waals surface area contributed by atoms with E-state index in [0.29, 0.717) is 11.3 Å². The number of carboxylic acids is 1. The highest BCUT2D eigenvalue weighted by Crippen LogP contribution is 2.15. The predicted molar refractivity (Wildman–Crippen MR) is 74.5 cm³/mol. The summed E-state index contributed by atoms with van der Waals surface area (Å²) in [7, 11) is 0. The number of rotatable bonds is 8. The summed E-state index contributed by atoms with van der Waals surface area (Å²) in [4.78, 5) is 27.6. The van der Waals surface area contributed by atoms with Gasteiger partial charge in [0.15, 0.2) is 0 Å². The molecule has 0 bridgehead atoms. The Morgan fingerprint density at radius 2 is 2.16 bits per heavy atom. The zero-order chi connectivity index (χ0) is 14.3. The van der Waals surface area contributed by atoms with Crippen LogP contribution in [0.25, 0.3) is 0 Å². The first-order valence-corrected chi connectivity index (χ1v) is 7.38. The number of aliphatic carboxylic acids is 1. The van der Waals surface area contributed by atoms with Crippen molar-refractivity contribution in [3.63, 3.8) is 0 Å². The first kappa shape index (κ1) is 15.6. The van der Waals surface area contributed by atoms with E-state index in [4.69, 9.17) is 5.11 Å². The molecule has 106 valence electrons. The molecule has 6 heteroatoms. The molecular formula is C13H20N2O3S. The molecule has 1 rings (SSSR count). The molecule has 0 fully saturated rings. The van der Waals surface area contributed by atoms with Gasteiger partial charge in [0.1, 0.15) is 10.9 Å². The van der Waals surface area contributed by atoms with Crippen molar-refractivity contribution in [1.82, 2.24) is 10.3 Å². The Bertz CT molecular complexity index is 431. The van der Waals surface area contributed by atoms with E-state index in [1.807, 2.05) is 13.8 Å². The van der Waals surface area contributed by atoms with Crippen LogP contribution in [-0.4, -0.2) is 28.0 Å². The average Bonchev–Trinajstić information content (AvgIpc) is 2.83. The predicted octanol–water partition coefficient (Wildman–Crippen LogP) is 2.47. The molecule has 1 amide bonds. The van der Waals surface area contributed by atoms with Crippen LogP contribution in [0.2, 0.25) is 0 Å². The van der Waals surface area contributed by atoms with Crippen molar-refractivity contribution in [3.8, 4) is 0 Å². The quantitative estimate of drug-likeness (QED) is 0.768. The van der Waals surface area contributed by atoms with Gasteiger partial charge in [-0.05, 0) is 19.3 Å². The minimum atomic E-state index is -0.986. The molecule has 0 aromatic carbocycles. The maximum Gasteiger partial charge on any atom is 0.326 e. The number of carbonyl (C=O) groups is 2. The maximum absolute atomic E-state index is 11.9. The SMILES string of the molecule is CCCCC(NC(=O)c1cnc(CCC)s1)C(=O)O. The largest absolute Gasteiger partial charge is 0.480 e. The molecule has 1 unspecified atom stereocenters. The number of carbonyl (C=O) groups excluding carboxylic acids is 1. The van der Waals surface area contributed by atoms with E-state index in [-0.39, 0.29) is 5.91 Å². The van der Waals surface area contributed by atoms with Gasteiger partial charge in [0.25, 0.3) is 5.91 Å². The van der Waals surface area contributed by atoms with Crippen molar-refractivity contribution < 1.29 is 14.7 Å². The molecule has 19 heavy (non-hydrogen) atoms. The highest BCUT2D eigenvalue weighted by atomic mass is 32.1. The standard InChI is InChI=1S/C13H20N2O3S/c1-3-5-7-9(13(17)18)15-12(16)10-8-14-11(19-10)6-4-2/h8-9H,3-7H2,1-2H3,(H,15,16)(H,17,18). The summed E-state index contributed by atoms with van der Waals surface area (Å²) in [6, 6.07) is -0.816. The third-order valence-electron chi connectivity index (χ3n) is 2.69. The molecule has 0 aliphatic heterocycles. The molecule has 0 aliphatic rings. The number of amides is 1. The van der Waals surface area contributed by atoms with Gasteiger partial charge in [-0.25, -0.2) is 9.78 Å². The van der Waals surface area contributed by atoms with Gasteiger partial charge in [0, 0.05) is 0 Å². The van der Waals surface area contributed by atoms with Gasteiger partial charge in [-0.2, -0.15) is 0 Å². The number of thiazole rings is 1. The Morgan fingerprint density at radius 3 is 2.74 bits per heavy atom. The second kappa shape index (κ2) is 7.89. The van der Waals surface area contributed by atoms with Crippen molar-refractivity contribution in [3.05, 3.63) is 16.1 Å². The summed E-state index contributed by atoms with van der Waals surface area (Å²) >= 11 is 1.33. The summed E-state index contributed by atoms with van der Waals surface area (Å²) in [5.74, 6) is -1.33. The lowest BCUT2D eigenvalue weighted by Gasteiger charge is -2.12. The van der Waals surface area contributed by atoms with Crippen LogP contribution in [0.15, 0.2) is 6.20 Å². The van der Waals surface area contributed by atoms with Crippen molar-refractivity contribution >= 4 is 23.2 Å². The maximum atomic E-state index is 11.9. The topological polar surface area (TPSA) is 79.3 Å². The van der Waals surface area contributed by atoms with Crippen LogP contribution in [0.5, 0.6) is 0 Å². The van der Waals surface area contributed by atoms with Crippen LogP contribution in [0, 0.1) is 0 Å². The Hall–Kier alpha value is -1.43. The normalized spacial score (nSPS) is 12.1. The van der Waals surface area contributed by atoms with E-state index in [9.17, 15) is 9.59 Å². The van der Waals surface area contributed by atoms with Gasteiger partial charge in [-0.3, -0.25) is 4.79 Å². The molecule has 1 heterocycles. The summed E-state index contributed by atoms with van der Waals surface area (Å²) in [5, 5.41) is 12.5. The first-order chi connectivity index (χ1) is 9.08. The molecule has 0 saturated heterocycles. The molecule has 2 N–H and O–H groups in total. The smallest absolute Gasteiger partial charge is 0.326 e. The van der Waals surface area contributed by atoms with Gasteiger partial charge in [0.05, 0.1) is 11.2 Å². The lowest BCUT2D eigenvalue weighted by atomic mass is 10.1. The molecule has 0 aliphatic carbocycles. The third-order valence-corrected chi connectivity index (χ3v) is 3.75. The van der Waals surface area contributed by atoms with E-state index >= 15 is 0 Å². The van der Waals surface area contributed by atoms with Crippen LogP contribution < -0.4 is 5.32 Å². The number of unbranched alkanes of at least 4 members (excludes halogenated alkanes) is 1. The number of hydrogen-bond acceptors (Lipinski definition) is 4. The number of nitrogens with one attached hydrogen (secondary N) is 1. The zero-order valence-corrected chi connectivity index (χ0v) is 12.1. The van der Waals surface area contributed by atoms with Gasteiger partial charge in [-0.15, -0.1) is 11.3 Å². The van der Waals surface area contributed by atoms with Crippen molar-refractivity contribution in [2.45, 2.75) is 52.0 Å². The molecule has 1 atom stereocenters. The Morgan fingerprint density at radius 1 is 1.42 bits per heavy atom. The fraction of sp³-hybridized carbons (Fsp3) is 0.615. The molecule has 5 nitrogen and oxygen atoms in total. The van der Waals surface area contributed by atoms with Gasteiger partial charge >= 0.3 is 5.97 Å². The first-order valence-electron chi connectivity index (χ1n) is 6.56. The van der Waals surface area contributed by atoms with Crippen LogP contribution in [0.3, 0.4) is 0 Å².